The minimum Gasteiger partial charge on any atom is -0.375 e. The molecule has 1 N–H and O–H groups in total. The third-order valence-corrected chi connectivity index (χ3v) is 2.99. The van der Waals surface area contributed by atoms with E-state index in [9.17, 15) is 9.59 Å². The van der Waals surface area contributed by atoms with E-state index >= 15 is 0 Å². The van der Waals surface area contributed by atoms with Gasteiger partial charge in [-0.1, -0.05) is 13.3 Å². The number of nitrogens with one attached hydrogen (secondary N) is 1. The first kappa shape index (κ1) is 11.6. The topological polar surface area (TPSA) is 49.4 Å². The van der Waals surface area contributed by atoms with Crippen LogP contribution in [-0.2, 0) is 4.79 Å². The van der Waals surface area contributed by atoms with Crippen LogP contribution in [0.2, 0.25) is 0 Å². The quantitative estimate of drug-likeness (QED) is 0.808. The number of rotatable bonds is 4. The fourth-order valence-electron chi connectivity index (χ4n) is 1.90. The number of hydrogen-bond acceptors (Lipinski definition) is 3. The van der Waals surface area contributed by atoms with E-state index in [1.54, 1.807) is 6.07 Å². The van der Waals surface area contributed by atoms with Gasteiger partial charge < -0.3 is 10.2 Å². The smallest absolute Gasteiger partial charge is 0.296 e. The van der Waals surface area contributed by atoms with Gasteiger partial charge in [0.15, 0.2) is 0 Å². The van der Waals surface area contributed by atoms with Gasteiger partial charge in [0.25, 0.3) is 11.7 Å². The molecule has 0 saturated carbocycles. The maximum atomic E-state index is 11.4. The lowest BCUT2D eigenvalue weighted by Gasteiger charge is -2.19. The number of fused-ring (bicyclic) bond motifs is 1. The molecule has 0 fully saturated rings. The lowest BCUT2D eigenvalue weighted by Crippen LogP contribution is -2.18. The Labute approximate surface area is 101 Å². The van der Waals surface area contributed by atoms with Crippen LogP contribution in [0.3, 0.4) is 0 Å². The molecule has 2 rings (SSSR count). The lowest BCUT2D eigenvalue weighted by molar-refractivity contribution is -0.112. The minimum absolute atomic E-state index is 0.442. The summed E-state index contributed by atoms with van der Waals surface area (Å²) < 4.78 is 0. The molecule has 0 unspecified atom stereocenters. The summed E-state index contributed by atoms with van der Waals surface area (Å²) >= 11 is 0. The van der Waals surface area contributed by atoms with E-state index in [1.165, 1.54) is 0 Å². The molecule has 0 atom stereocenters. The first-order valence-electron chi connectivity index (χ1n) is 5.84. The molecule has 0 spiro atoms. The Bertz CT molecular complexity index is 468. The number of unbranched alkanes of at least 4 members (excludes halogenated alkanes) is 1. The van der Waals surface area contributed by atoms with Crippen LogP contribution < -0.4 is 10.2 Å². The molecule has 90 valence electrons. The standard InChI is InChI=1S/C13H16N2O2/c1-3-4-7-15(2)9-5-6-10-11(8-9)14-13(17)12(10)16/h5-6,8H,3-4,7H2,1-2H3,(H,14,16,17). The van der Waals surface area contributed by atoms with Gasteiger partial charge >= 0.3 is 0 Å². The van der Waals surface area contributed by atoms with Crippen molar-refractivity contribution >= 4 is 23.1 Å². The number of ketones is 1. The van der Waals surface area contributed by atoms with Crippen molar-refractivity contribution in [1.82, 2.24) is 0 Å². The SMILES string of the molecule is CCCCN(C)c1ccc2c(c1)NC(=O)C2=O. The molecule has 1 amide bonds. The van der Waals surface area contributed by atoms with Gasteiger partial charge in [-0.25, -0.2) is 0 Å². The van der Waals surface area contributed by atoms with Gasteiger partial charge in [-0.15, -0.1) is 0 Å². The van der Waals surface area contributed by atoms with Crippen LogP contribution in [0.5, 0.6) is 0 Å². The largest absolute Gasteiger partial charge is 0.375 e. The summed E-state index contributed by atoms with van der Waals surface area (Å²) in [4.78, 5) is 24.8. The van der Waals surface area contributed by atoms with Crippen molar-refractivity contribution in [2.45, 2.75) is 19.8 Å². The number of hydrogen-bond donors (Lipinski definition) is 1. The van der Waals surface area contributed by atoms with Crippen molar-refractivity contribution in [3.8, 4) is 0 Å². The summed E-state index contributed by atoms with van der Waals surface area (Å²) in [6, 6.07) is 5.45. The summed E-state index contributed by atoms with van der Waals surface area (Å²) in [6.45, 7) is 3.12. The van der Waals surface area contributed by atoms with Crippen LogP contribution in [0.4, 0.5) is 11.4 Å². The van der Waals surface area contributed by atoms with Crippen molar-refractivity contribution in [3.05, 3.63) is 23.8 Å². The first-order chi connectivity index (χ1) is 8.13. The molecule has 0 bridgehead atoms. The van der Waals surface area contributed by atoms with Crippen LogP contribution in [0, 0.1) is 0 Å². The van der Waals surface area contributed by atoms with Gasteiger partial charge in [0.05, 0.1) is 11.3 Å². The highest BCUT2D eigenvalue weighted by molar-refractivity contribution is 6.51. The molecule has 4 nitrogen and oxygen atoms in total. The summed E-state index contributed by atoms with van der Waals surface area (Å²) in [6.07, 6.45) is 2.27. The highest BCUT2D eigenvalue weighted by Crippen LogP contribution is 2.27. The molecule has 1 aliphatic rings. The molecule has 1 aromatic rings. The number of amides is 1. The van der Waals surface area contributed by atoms with Crippen LogP contribution in [0.1, 0.15) is 30.1 Å². The third-order valence-electron chi connectivity index (χ3n) is 2.99. The number of benzene rings is 1. The zero-order valence-electron chi connectivity index (χ0n) is 10.1. The van der Waals surface area contributed by atoms with E-state index in [4.69, 9.17) is 0 Å². The normalized spacial score (nSPS) is 13.5. The van der Waals surface area contributed by atoms with Crippen molar-refractivity contribution in [1.29, 1.82) is 0 Å². The monoisotopic (exact) mass is 232 g/mol. The summed E-state index contributed by atoms with van der Waals surface area (Å²) in [5.74, 6) is -0.976. The molecule has 17 heavy (non-hydrogen) atoms. The van der Waals surface area contributed by atoms with Crippen molar-refractivity contribution in [3.63, 3.8) is 0 Å². The minimum atomic E-state index is -0.534. The van der Waals surface area contributed by atoms with E-state index in [0.717, 1.165) is 25.1 Å². The summed E-state index contributed by atoms with van der Waals surface area (Å²) in [7, 11) is 2.01. The molecular formula is C13H16N2O2. The second kappa shape index (κ2) is 4.57. The molecule has 1 aliphatic heterocycles. The first-order valence-corrected chi connectivity index (χ1v) is 5.84. The fraction of sp³-hybridized carbons (Fsp3) is 0.385. The van der Waals surface area contributed by atoms with Gasteiger partial charge in [0, 0.05) is 19.3 Å². The third kappa shape index (κ3) is 2.16. The number of carbonyl (C=O) groups is 2. The van der Waals surface area contributed by atoms with Crippen LogP contribution in [0.25, 0.3) is 0 Å². The number of carbonyl (C=O) groups excluding carboxylic acids is 2. The summed E-state index contributed by atoms with van der Waals surface area (Å²) in [5, 5.41) is 2.58. The van der Waals surface area contributed by atoms with E-state index in [-0.39, 0.29) is 0 Å². The fourth-order valence-corrected chi connectivity index (χ4v) is 1.90. The van der Waals surface area contributed by atoms with Gasteiger partial charge in [-0.05, 0) is 24.6 Å². The molecule has 0 aliphatic carbocycles. The molecule has 0 aromatic heterocycles. The van der Waals surface area contributed by atoms with Gasteiger partial charge in [-0.3, -0.25) is 9.59 Å². The van der Waals surface area contributed by atoms with Crippen LogP contribution >= 0.6 is 0 Å². The van der Waals surface area contributed by atoms with E-state index in [1.807, 2.05) is 19.2 Å². The van der Waals surface area contributed by atoms with Gasteiger partial charge in [0.1, 0.15) is 0 Å². The molecule has 0 saturated heterocycles. The van der Waals surface area contributed by atoms with Crippen molar-refractivity contribution in [2.24, 2.45) is 0 Å². The maximum absolute atomic E-state index is 11.4. The Hall–Kier alpha value is -1.84. The molecule has 4 heteroatoms. The predicted octanol–water partition coefficient (Wildman–Crippen LogP) is 2.06. The van der Waals surface area contributed by atoms with Gasteiger partial charge in [-0.2, -0.15) is 0 Å². The molecule has 1 aromatic carbocycles. The second-order valence-electron chi connectivity index (χ2n) is 4.29. The number of anilines is 2. The highest BCUT2D eigenvalue weighted by atomic mass is 16.2. The predicted molar refractivity (Wildman–Crippen MR) is 67.6 cm³/mol. The van der Waals surface area contributed by atoms with E-state index in [0.29, 0.717) is 11.3 Å². The van der Waals surface area contributed by atoms with Crippen LogP contribution in [-0.4, -0.2) is 25.3 Å². The Balaban J connectivity index is 2.21. The Kier molecular flexibility index (Phi) is 3.13. The van der Waals surface area contributed by atoms with Crippen molar-refractivity contribution < 1.29 is 9.59 Å². The average molecular weight is 232 g/mol. The maximum Gasteiger partial charge on any atom is 0.296 e. The zero-order valence-corrected chi connectivity index (χ0v) is 10.1. The Morgan fingerprint density at radius 3 is 2.76 bits per heavy atom. The number of nitrogens with zero attached hydrogens (tertiary/aromatic N) is 1. The lowest BCUT2D eigenvalue weighted by atomic mass is 10.1. The Morgan fingerprint density at radius 2 is 2.06 bits per heavy atom. The van der Waals surface area contributed by atoms with Crippen LogP contribution in [0.15, 0.2) is 18.2 Å². The highest BCUT2D eigenvalue weighted by Gasteiger charge is 2.27. The Morgan fingerprint density at radius 1 is 1.29 bits per heavy atom. The molecular weight excluding hydrogens is 216 g/mol. The second-order valence-corrected chi connectivity index (χ2v) is 4.29. The molecule has 1 heterocycles. The average Bonchev–Trinajstić information content (AvgIpc) is 2.61. The zero-order chi connectivity index (χ0) is 12.4. The van der Waals surface area contributed by atoms with E-state index in [2.05, 4.69) is 17.1 Å². The molecule has 0 radical (unpaired) electrons. The summed E-state index contributed by atoms with van der Waals surface area (Å²) in [5.41, 5.74) is 2.12. The number of Topliss-reactive ketones (excluding diaryl/α,β-unsaturated/α-hetero) is 1. The van der Waals surface area contributed by atoms with Crippen molar-refractivity contribution in [2.75, 3.05) is 23.8 Å². The van der Waals surface area contributed by atoms with E-state index < -0.39 is 11.7 Å². The van der Waals surface area contributed by atoms with Gasteiger partial charge in [0.2, 0.25) is 0 Å².